The van der Waals surface area contributed by atoms with E-state index < -0.39 is 39.8 Å². The van der Waals surface area contributed by atoms with Crippen LogP contribution in [-0.4, -0.2) is 30.8 Å². The van der Waals surface area contributed by atoms with E-state index in [4.69, 9.17) is 0 Å². The number of rotatable bonds is 3. The predicted octanol–water partition coefficient (Wildman–Crippen LogP) is 1.94. The number of nitrogens with one attached hydrogen (secondary N) is 2. The second-order valence-electron chi connectivity index (χ2n) is 4.69. The number of aromatic nitrogens is 4. The van der Waals surface area contributed by atoms with E-state index in [0.717, 1.165) is 4.68 Å². The summed E-state index contributed by atoms with van der Waals surface area (Å²) in [4.78, 5) is 22.4. The number of nitro groups is 1. The summed E-state index contributed by atoms with van der Waals surface area (Å²) >= 11 is 0. The summed E-state index contributed by atoms with van der Waals surface area (Å²) in [5.41, 5.74) is -2.99. The van der Waals surface area contributed by atoms with Crippen molar-refractivity contribution in [3.8, 4) is 0 Å². The van der Waals surface area contributed by atoms with Crippen molar-refractivity contribution in [1.82, 2.24) is 20.0 Å². The van der Waals surface area contributed by atoms with Gasteiger partial charge in [0.1, 0.15) is 5.69 Å². The minimum atomic E-state index is -4.79. The predicted molar refractivity (Wildman–Crippen MR) is 70.9 cm³/mol. The van der Waals surface area contributed by atoms with Crippen LogP contribution in [0.4, 0.5) is 24.5 Å². The van der Waals surface area contributed by atoms with Gasteiger partial charge in [-0.2, -0.15) is 23.4 Å². The molecule has 23 heavy (non-hydrogen) atoms. The molecule has 0 unspecified atom stereocenters. The standard InChI is InChI=1S/C11H11F3N6O3/c1-4-6(9(17-16-4)11(12,13)14)15-10(21)8-7(20(22)23)5(2)18-19(8)3/h1-3H3,(H,15,21)(H,16,17). The fraction of sp³-hybridized carbons (Fsp3) is 0.364. The molecule has 0 aliphatic heterocycles. The lowest BCUT2D eigenvalue weighted by Gasteiger charge is -2.08. The van der Waals surface area contributed by atoms with Crippen molar-refractivity contribution >= 4 is 17.3 Å². The van der Waals surface area contributed by atoms with Gasteiger partial charge >= 0.3 is 11.9 Å². The first-order valence-electron chi connectivity index (χ1n) is 6.15. The van der Waals surface area contributed by atoms with Crippen molar-refractivity contribution in [2.24, 2.45) is 7.05 Å². The molecule has 0 aromatic carbocycles. The maximum absolute atomic E-state index is 12.8. The van der Waals surface area contributed by atoms with Crippen molar-refractivity contribution in [2.45, 2.75) is 20.0 Å². The van der Waals surface area contributed by atoms with Gasteiger partial charge < -0.3 is 5.32 Å². The number of carbonyl (C=O) groups is 1. The zero-order chi connectivity index (χ0) is 17.5. The molecule has 1 amide bonds. The fourth-order valence-electron chi connectivity index (χ4n) is 2.08. The number of halogens is 3. The number of carbonyl (C=O) groups excluding carboxylic acids is 1. The third-order valence-corrected chi connectivity index (χ3v) is 3.04. The Kier molecular flexibility index (Phi) is 3.84. The average molecular weight is 332 g/mol. The molecular weight excluding hydrogens is 321 g/mol. The molecule has 0 aliphatic carbocycles. The molecule has 124 valence electrons. The molecule has 0 aliphatic rings. The Balaban J connectivity index is 2.46. The molecule has 0 fully saturated rings. The maximum atomic E-state index is 12.8. The van der Waals surface area contributed by atoms with E-state index in [1.807, 2.05) is 5.32 Å². The first-order valence-corrected chi connectivity index (χ1v) is 6.15. The van der Waals surface area contributed by atoms with E-state index in [-0.39, 0.29) is 11.4 Å². The maximum Gasteiger partial charge on any atom is 0.437 e. The molecule has 0 bridgehead atoms. The highest BCUT2D eigenvalue weighted by molar-refractivity contribution is 6.06. The van der Waals surface area contributed by atoms with Crippen LogP contribution in [0.2, 0.25) is 0 Å². The van der Waals surface area contributed by atoms with Gasteiger partial charge in [-0.25, -0.2) is 0 Å². The molecule has 0 saturated heterocycles. The van der Waals surface area contributed by atoms with Crippen molar-refractivity contribution < 1.29 is 22.9 Å². The van der Waals surface area contributed by atoms with Gasteiger partial charge in [-0.05, 0) is 13.8 Å². The van der Waals surface area contributed by atoms with E-state index in [9.17, 15) is 28.1 Å². The number of hydrogen-bond acceptors (Lipinski definition) is 5. The molecule has 2 rings (SSSR count). The summed E-state index contributed by atoms with van der Waals surface area (Å²) in [6.07, 6.45) is -4.79. The summed E-state index contributed by atoms with van der Waals surface area (Å²) in [7, 11) is 1.28. The summed E-state index contributed by atoms with van der Waals surface area (Å²) < 4.78 is 39.5. The van der Waals surface area contributed by atoms with Crippen molar-refractivity contribution in [1.29, 1.82) is 0 Å². The lowest BCUT2D eigenvalue weighted by atomic mass is 10.2. The summed E-state index contributed by atoms with van der Waals surface area (Å²) in [5, 5.41) is 22.0. The monoisotopic (exact) mass is 332 g/mol. The Hall–Kier alpha value is -2.92. The van der Waals surface area contributed by atoms with Crippen LogP contribution in [-0.2, 0) is 13.2 Å². The van der Waals surface area contributed by atoms with E-state index in [1.165, 1.54) is 20.9 Å². The Morgan fingerprint density at radius 1 is 1.39 bits per heavy atom. The van der Waals surface area contributed by atoms with Crippen LogP contribution in [0.3, 0.4) is 0 Å². The molecule has 9 nitrogen and oxygen atoms in total. The molecule has 2 heterocycles. The van der Waals surface area contributed by atoms with Gasteiger partial charge in [0.15, 0.2) is 5.69 Å². The number of nitrogens with zero attached hydrogens (tertiary/aromatic N) is 4. The van der Waals surface area contributed by atoms with Gasteiger partial charge in [-0.3, -0.25) is 24.7 Å². The minimum absolute atomic E-state index is 0.0254. The summed E-state index contributed by atoms with van der Waals surface area (Å²) in [5.74, 6) is -1.09. The zero-order valence-electron chi connectivity index (χ0n) is 12.1. The zero-order valence-corrected chi connectivity index (χ0v) is 12.1. The van der Waals surface area contributed by atoms with Gasteiger partial charge in [0.2, 0.25) is 5.69 Å². The largest absolute Gasteiger partial charge is 0.437 e. The second kappa shape index (κ2) is 5.37. The Labute approximate surface area is 126 Å². The van der Waals surface area contributed by atoms with Gasteiger partial charge in [-0.1, -0.05) is 0 Å². The first-order chi connectivity index (χ1) is 10.5. The quantitative estimate of drug-likeness (QED) is 0.657. The molecule has 2 aromatic heterocycles. The van der Waals surface area contributed by atoms with Crippen molar-refractivity contribution in [3.63, 3.8) is 0 Å². The number of hydrogen-bond donors (Lipinski definition) is 2. The normalized spacial score (nSPS) is 11.6. The van der Waals surface area contributed by atoms with Gasteiger partial charge in [0.25, 0.3) is 5.91 Å². The third-order valence-electron chi connectivity index (χ3n) is 3.04. The Morgan fingerprint density at radius 2 is 2.00 bits per heavy atom. The Morgan fingerprint density at radius 3 is 2.52 bits per heavy atom. The number of anilines is 1. The van der Waals surface area contributed by atoms with E-state index in [0.29, 0.717) is 0 Å². The molecule has 0 saturated carbocycles. The van der Waals surface area contributed by atoms with Crippen LogP contribution < -0.4 is 5.32 Å². The molecule has 12 heteroatoms. The van der Waals surface area contributed by atoms with Crippen LogP contribution >= 0.6 is 0 Å². The fourth-order valence-corrected chi connectivity index (χ4v) is 2.08. The second-order valence-corrected chi connectivity index (χ2v) is 4.69. The average Bonchev–Trinajstić information content (AvgIpc) is 2.89. The lowest BCUT2D eigenvalue weighted by molar-refractivity contribution is -0.385. The Bertz CT molecular complexity index is 792. The van der Waals surface area contributed by atoms with Crippen LogP contribution in [0.5, 0.6) is 0 Å². The van der Waals surface area contributed by atoms with Crippen LogP contribution in [0, 0.1) is 24.0 Å². The minimum Gasteiger partial charge on any atom is -0.317 e. The highest BCUT2D eigenvalue weighted by Gasteiger charge is 2.39. The van der Waals surface area contributed by atoms with Crippen LogP contribution in [0.1, 0.15) is 27.6 Å². The molecular formula is C11H11F3N6O3. The van der Waals surface area contributed by atoms with E-state index in [1.54, 1.807) is 0 Å². The van der Waals surface area contributed by atoms with Crippen LogP contribution in [0.15, 0.2) is 0 Å². The molecule has 2 aromatic rings. The van der Waals surface area contributed by atoms with E-state index >= 15 is 0 Å². The van der Waals surface area contributed by atoms with Crippen molar-refractivity contribution in [3.05, 3.63) is 32.9 Å². The molecule has 0 atom stereocenters. The number of aryl methyl sites for hydroxylation is 3. The topological polar surface area (TPSA) is 119 Å². The highest BCUT2D eigenvalue weighted by Crippen LogP contribution is 2.35. The van der Waals surface area contributed by atoms with Crippen molar-refractivity contribution in [2.75, 3.05) is 5.32 Å². The first kappa shape index (κ1) is 16.5. The van der Waals surface area contributed by atoms with Gasteiger partial charge in [0, 0.05) is 7.05 Å². The molecule has 0 spiro atoms. The lowest BCUT2D eigenvalue weighted by Crippen LogP contribution is -2.20. The SMILES string of the molecule is Cc1nn(C)c(C(=O)Nc2c(C(F)(F)F)n[nH]c2C)c1[N+](=O)[O-]. The number of amides is 1. The number of aromatic amines is 1. The van der Waals surface area contributed by atoms with Crippen LogP contribution in [0.25, 0.3) is 0 Å². The number of alkyl halides is 3. The van der Waals surface area contributed by atoms with E-state index in [2.05, 4.69) is 15.3 Å². The molecule has 2 N–H and O–H groups in total. The smallest absolute Gasteiger partial charge is 0.317 e. The van der Waals surface area contributed by atoms with Gasteiger partial charge in [0.05, 0.1) is 16.3 Å². The highest BCUT2D eigenvalue weighted by atomic mass is 19.4. The van der Waals surface area contributed by atoms with Gasteiger partial charge in [-0.15, -0.1) is 0 Å². The summed E-state index contributed by atoms with van der Waals surface area (Å²) in [6, 6.07) is 0. The molecule has 0 radical (unpaired) electrons. The third kappa shape index (κ3) is 2.86. The number of H-pyrrole nitrogens is 1. The summed E-state index contributed by atoms with van der Waals surface area (Å²) in [6.45, 7) is 2.60.